The van der Waals surface area contributed by atoms with Crippen molar-refractivity contribution >= 4 is 29.8 Å². The van der Waals surface area contributed by atoms with Gasteiger partial charge < -0.3 is 37.9 Å². The molecule has 3 aromatic carbocycles. The summed E-state index contributed by atoms with van der Waals surface area (Å²) < 4.78 is 59.5. The highest BCUT2D eigenvalue weighted by molar-refractivity contribution is 6.30. The van der Waals surface area contributed by atoms with E-state index < -0.39 is 60.4 Å². The molecular formula is C50H61FO13. The molecule has 5 rings (SSSR count). The maximum Gasteiger partial charge on any atom is 0.417 e. The summed E-state index contributed by atoms with van der Waals surface area (Å²) in [6.45, 7) is 12.3. The Morgan fingerprint density at radius 2 is 1.30 bits per heavy atom. The van der Waals surface area contributed by atoms with Crippen molar-refractivity contribution in [3.8, 4) is 33.8 Å². The zero-order valence-electron chi connectivity index (χ0n) is 37.8. The van der Waals surface area contributed by atoms with Crippen molar-refractivity contribution in [2.45, 2.75) is 111 Å². The molecule has 0 aromatic heterocycles. The van der Waals surface area contributed by atoms with Gasteiger partial charge in [0, 0.05) is 16.7 Å². The van der Waals surface area contributed by atoms with Crippen LogP contribution in [0.2, 0.25) is 0 Å². The quantitative estimate of drug-likeness (QED) is 0.0189. The number of esters is 5. The number of unbranched alkanes of at least 4 members (excludes halogenated alkanes) is 2. The number of hydrogen-bond donors (Lipinski definition) is 0. The molecule has 2 fully saturated rings. The summed E-state index contributed by atoms with van der Waals surface area (Å²) in [5.41, 5.74) is 1.15. The number of ether oxygens (including phenoxy) is 8. The fourth-order valence-electron chi connectivity index (χ4n) is 7.57. The molecule has 64 heavy (non-hydrogen) atoms. The molecule has 2 aliphatic rings. The van der Waals surface area contributed by atoms with E-state index in [1.54, 1.807) is 68.4 Å². The van der Waals surface area contributed by atoms with Crippen LogP contribution >= 0.6 is 0 Å². The van der Waals surface area contributed by atoms with Crippen molar-refractivity contribution in [3.05, 3.63) is 84.2 Å². The Morgan fingerprint density at radius 1 is 0.719 bits per heavy atom. The molecule has 0 amide bonds. The lowest BCUT2D eigenvalue weighted by atomic mass is 9.77. The highest BCUT2D eigenvalue weighted by atomic mass is 19.1. The normalized spacial score (nSPS) is 17.7. The van der Waals surface area contributed by atoms with Crippen molar-refractivity contribution < 1.29 is 66.3 Å². The van der Waals surface area contributed by atoms with Gasteiger partial charge in [0.15, 0.2) is 6.29 Å². The van der Waals surface area contributed by atoms with E-state index in [9.17, 15) is 24.0 Å². The van der Waals surface area contributed by atoms with Crippen LogP contribution in [-0.4, -0.2) is 81.4 Å². The van der Waals surface area contributed by atoms with Crippen molar-refractivity contribution in [2.75, 3.05) is 39.6 Å². The number of epoxide rings is 1. The minimum Gasteiger partial charge on any atom is -0.493 e. The van der Waals surface area contributed by atoms with E-state index in [0.717, 1.165) is 24.3 Å². The van der Waals surface area contributed by atoms with Crippen LogP contribution in [0.3, 0.4) is 0 Å². The molecule has 0 bridgehead atoms. The molecule has 1 saturated heterocycles. The Kier molecular flexibility index (Phi) is 17.6. The van der Waals surface area contributed by atoms with Gasteiger partial charge in [0.25, 0.3) is 0 Å². The van der Waals surface area contributed by atoms with E-state index >= 15 is 4.39 Å². The van der Waals surface area contributed by atoms with Gasteiger partial charge in [0.1, 0.15) is 42.7 Å². The number of hydrogen-bond acceptors (Lipinski definition) is 13. The Morgan fingerprint density at radius 3 is 1.84 bits per heavy atom. The first-order valence-electron chi connectivity index (χ1n) is 22.1. The summed E-state index contributed by atoms with van der Waals surface area (Å²) >= 11 is 0. The molecule has 346 valence electrons. The first-order valence-corrected chi connectivity index (χ1v) is 22.1. The molecule has 0 spiro atoms. The van der Waals surface area contributed by atoms with Crippen molar-refractivity contribution in [3.63, 3.8) is 0 Å². The van der Waals surface area contributed by atoms with Crippen LogP contribution in [0.5, 0.6) is 11.5 Å². The van der Waals surface area contributed by atoms with E-state index in [1.807, 2.05) is 6.07 Å². The van der Waals surface area contributed by atoms with Crippen molar-refractivity contribution in [1.82, 2.24) is 0 Å². The third kappa shape index (κ3) is 13.7. The van der Waals surface area contributed by atoms with Gasteiger partial charge in [-0.15, -0.1) is 0 Å². The maximum atomic E-state index is 15.9. The average molecular weight is 889 g/mol. The number of benzene rings is 3. The summed E-state index contributed by atoms with van der Waals surface area (Å²) in [5.74, 6) is -4.47. The van der Waals surface area contributed by atoms with Gasteiger partial charge in [-0.25, -0.2) is 28.4 Å². The van der Waals surface area contributed by atoms with Gasteiger partial charge in [0.05, 0.1) is 25.2 Å². The molecule has 1 aliphatic heterocycles. The van der Waals surface area contributed by atoms with E-state index in [2.05, 4.69) is 13.5 Å². The fraction of sp³-hybridized carbons (Fsp3) is 0.500. The minimum atomic E-state index is -1.48. The summed E-state index contributed by atoms with van der Waals surface area (Å²) in [6.07, 6.45) is 8.82. The summed E-state index contributed by atoms with van der Waals surface area (Å²) in [6, 6.07) is 17.3. The van der Waals surface area contributed by atoms with E-state index in [-0.39, 0.29) is 43.6 Å². The number of carbonyl (C=O) groups is 5. The maximum absolute atomic E-state index is 15.9. The largest absolute Gasteiger partial charge is 0.493 e. The molecule has 1 atom stereocenters. The zero-order chi connectivity index (χ0) is 46.4. The average Bonchev–Trinajstić information content (AvgIpc) is 3.91. The third-order valence-electron chi connectivity index (χ3n) is 11.4. The number of halogens is 1. The predicted octanol–water partition coefficient (Wildman–Crippen LogP) is 9.22. The van der Waals surface area contributed by atoms with Crippen molar-refractivity contribution in [1.29, 1.82) is 0 Å². The van der Waals surface area contributed by atoms with Crippen molar-refractivity contribution in [2.24, 2.45) is 11.3 Å². The molecule has 1 unspecified atom stereocenters. The van der Waals surface area contributed by atoms with Gasteiger partial charge >= 0.3 is 29.8 Å². The van der Waals surface area contributed by atoms with Gasteiger partial charge in [0.2, 0.25) is 0 Å². The standard InChI is InChI=1S/C50H61FO13/c1-8-11-12-13-33-14-16-34(17-15-33)36-20-24-39(41(51)26-36)37-21-25-40(42(27-37)63-43(52)32(4)5)35-18-22-38(23-19-35)59-28-50(31-62-48-49(6,7)64-48,29-60-46(55)44(53)57-9-2)30-61-47(56)45(54)58-10-3/h18-27,33-34,48H,4,8-17,28-31H2,1-3,5-7H3. The van der Waals surface area contributed by atoms with Crippen LogP contribution in [0, 0.1) is 17.2 Å². The smallest absolute Gasteiger partial charge is 0.417 e. The molecule has 3 aromatic rings. The fourth-order valence-corrected chi connectivity index (χ4v) is 7.57. The Balaban J connectivity index is 1.36. The molecule has 1 heterocycles. The number of rotatable bonds is 21. The minimum absolute atomic E-state index is 0.0685. The van der Waals surface area contributed by atoms with Gasteiger partial charge in [-0.2, -0.15) is 0 Å². The molecule has 1 aliphatic carbocycles. The Labute approximate surface area is 374 Å². The monoisotopic (exact) mass is 888 g/mol. The van der Waals surface area contributed by atoms with Crippen LogP contribution < -0.4 is 9.47 Å². The third-order valence-corrected chi connectivity index (χ3v) is 11.4. The van der Waals surface area contributed by atoms with Crippen LogP contribution in [0.4, 0.5) is 4.39 Å². The lowest BCUT2D eigenvalue weighted by Crippen LogP contribution is -2.45. The molecule has 14 heteroatoms. The van der Waals surface area contributed by atoms with Crippen LogP contribution in [0.15, 0.2) is 72.8 Å². The predicted molar refractivity (Wildman–Crippen MR) is 235 cm³/mol. The molecule has 0 N–H and O–H groups in total. The van der Waals surface area contributed by atoms with Gasteiger partial charge in [-0.05, 0) is 113 Å². The molecule has 0 radical (unpaired) electrons. The van der Waals surface area contributed by atoms with E-state index in [4.69, 9.17) is 37.9 Å². The highest BCUT2D eigenvalue weighted by Crippen LogP contribution is 2.41. The van der Waals surface area contributed by atoms with E-state index in [1.165, 1.54) is 59.3 Å². The second kappa shape index (κ2) is 22.8. The van der Waals surface area contributed by atoms with Crippen LogP contribution in [0.1, 0.15) is 104 Å². The van der Waals surface area contributed by atoms with Crippen LogP contribution in [-0.2, 0) is 52.4 Å². The van der Waals surface area contributed by atoms with Gasteiger partial charge in [-0.3, -0.25) is 0 Å². The second-order valence-corrected chi connectivity index (χ2v) is 17.1. The Bertz CT molecular complexity index is 2090. The molecule has 13 nitrogen and oxygen atoms in total. The Hall–Kier alpha value is -5.60. The van der Waals surface area contributed by atoms with E-state index in [0.29, 0.717) is 33.9 Å². The van der Waals surface area contributed by atoms with Crippen LogP contribution in [0.25, 0.3) is 22.3 Å². The first-order chi connectivity index (χ1) is 30.6. The molecule has 1 saturated carbocycles. The number of carbonyl (C=O) groups excluding carboxylic acids is 5. The lowest BCUT2D eigenvalue weighted by molar-refractivity contribution is -0.178. The lowest BCUT2D eigenvalue weighted by Gasteiger charge is -2.32. The zero-order valence-corrected chi connectivity index (χ0v) is 37.8. The summed E-state index contributed by atoms with van der Waals surface area (Å²) in [5, 5.41) is 0. The first kappa shape index (κ1) is 49.4. The topological polar surface area (TPSA) is 162 Å². The summed E-state index contributed by atoms with van der Waals surface area (Å²) in [7, 11) is 0. The molecular weight excluding hydrogens is 828 g/mol. The highest BCUT2D eigenvalue weighted by Gasteiger charge is 2.51. The SMILES string of the molecule is C=C(C)C(=O)Oc1cc(-c2ccc(C3CCC(CCCCC)CC3)cc2F)ccc1-c1ccc(OCC(COC(=O)C(=O)OCC)(COC(=O)C(=O)OCC)COC2OC2(C)C)cc1. The van der Waals surface area contributed by atoms with Gasteiger partial charge in [-0.1, -0.05) is 75.6 Å². The second-order valence-electron chi connectivity index (χ2n) is 17.1. The summed E-state index contributed by atoms with van der Waals surface area (Å²) in [4.78, 5) is 62.2.